The van der Waals surface area contributed by atoms with E-state index in [4.69, 9.17) is 0 Å². The van der Waals surface area contributed by atoms with E-state index in [1.807, 2.05) is 25.7 Å². The second-order valence-electron chi connectivity index (χ2n) is 9.42. The Kier molecular flexibility index (Phi) is 7.27. The summed E-state index contributed by atoms with van der Waals surface area (Å²) in [5.41, 5.74) is 0.353. The number of pyridine rings is 1. The molecule has 1 aromatic carbocycles. The fourth-order valence-corrected chi connectivity index (χ4v) is 5.09. The van der Waals surface area contributed by atoms with Crippen molar-refractivity contribution in [2.75, 3.05) is 18.0 Å². The van der Waals surface area contributed by atoms with Crippen molar-refractivity contribution in [3.63, 3.8) is 0 Å². The van der Waals surface area contributed by atoms with E-state index < -0.39 is 23.4 Å². The van der Waals surface area contributed by atoms with Crippen LogP contribution in [0.2, 0.25) is 0 Å². The fraction of sp³-hybridized carbons (Fsp3) is 0.462. The molecule has 1 aliphatic heterocycles. The van der Waals surface area contributed by atoms with Gasteiger partial charge in [0, 0.05) is 38.3 Å². The monoisotopic (exact) mass is 517 g/mol. The van der Waals surface area contributed by atoms with Gasteiger partial charge in [-0.25, -0.2) is 14.6 Å². The van der Waals surface area contributed by atoms with Gasteiger partial charge in [-0.2, -0.15) is 18.2 Å². The molecule has 0 amide bonds. The Morgan fingerprint density at radius 2 is 1.70 bits per heavy atom. The van der Waals surface area contributed by atoms with Crippen molar-refractivity contribution in [2.24, 2.45) is 7.05 Å². The third kappa shape index (κ3) is 5.04. The number of aromatic carboxylic acids is 1. The van der Waals surface area contributed by atoms with E-state index in [-0.39, 0.29) is 23.8 Å². The minimum atomic E-state index is -4.39. The Morgan fingerprint density at radius 1 is 1.05 bits per heavy atom. The lowest BCUT2D eigenvalue weighted by Crippen LogP contribution is -2.59. The maximum absolute atomic E-state index is 13.0. The predicted molar refractivity (Wildman–Crippen MR) is 134 cm³/mol. The minimum Gasteiger partial charge on any atom is -0.477 e. The van der Waals surface area contributed by atoms with Crippen LogP contribution in [-0.4, -0.2) is 55.7 Å². The number of hydrogen-bond donors (Lipinski definition) is 1. The number of carboxylic acids is 1. The summed E-state index contributed by atoms with van der Waals surface area (Å²) < 4.78 is 40.5. The molecule has 37 heavy (non-hydrogen) atoms. The molecule has 0 bridgehead atoms. The van der Waals surface area contributed by atoms with Gasteiger partial charge in [-0.05, 0) is 49.6 Å². The molecule has 1 saturated heterocycles. The number of carbonyl (C=O) groups is 1. The molecular formula is C26H30F3N5O3. The molecule has 0 radical (unpaired) electrons. The molecule has 11 heteroatoms. The number of alkyl halides is 3. The Hall–Kier alpha value is -3.47. The van der Waals surface area contributed by atoms with E-state index in [0.717, 1.165) is 24.1 Å². The van der Waals surface area contributed by atoms with Gasteiger partial charge in [0.1, 0.15) is 11.2 Å². The number of anilines is 1. The molecule has 1 unspecified atom stereocenters. The summed E-state index contributed by atoms with van der Waals surface area (Å²) in [6, 6.07) is 8.03. The Morgan fingerprint density at radius 3 is 2.27 bits per heavy atom. The van der Waals surface area contributed by atoms with Gasteiger partial charge in [0.25, 0.3) is 0 Å². The second kappa shape index (κ2) is 10.1. The molecule has 198 valence electrons. The number of aromatic nitrogens is 3. The van der Waals surface area contributed by atoms with Crippen molar-refractivity contribution in [2.45, 2.75) is 57.9 Å². The van der Waals surface area contributed by atoms with Crippen LogP contribution in [0.3, 0.4) is 0 Å². The van der Waals surface area contributed by atoms with Crippen LogP contribution in [-0.2, 0) is 13.2 Å². The number of rotatable bonds is 6. The lowest BCUT2D eigenvalue weighted by atomic mass is 9.96. The van der Waals surface area contributed by atoms with Gasteiger partial charge in [0.05, 0.1) is 11.1 Å². The zero-order valence-electron chi connectivity index (χ0n) is 21.2. The SMILES string of the molecule is CC[C@H]1CN(C(C)c2ccc(C(F)(F)F)cc2)[C@H](CC)CN1c1nc(=O)n(C)c2ccc(C(=O)O)nc12. The lowest BCUT2D eigenvalue weighted by Gasteiger charge is -2.49. The molecule has 8 nitrogen and oxygen atoms in total. The van der Waals surface area contributed by atoms with Crippen LogP contribution in [0.15, 0.2) is 41.2 Å². The van der Waals surface area contributed by atoms with Crippen molar-refractivity contribution >= 4 is 22.8 Å². The van der Waals surface area contributed by atoms with E-state index in [1.54, 1.807) is 13.1 Å². The number of aryl methyl sites for hydroxylation is 1. The molecule has 0 aliphatic carbocycles. The van der Waals surface area contributed by atoms with E-state index in [2.05, 4.69) is 14.9 Å². The molecule has 3 aromatic rings. The largest absolute Gasteiger partial charge is 0.477 e. The number of nitrogens with zero attached hydrogens (tertiary/aromatic N) is 5. The normalized spacial score (nSPS) is 19.8. The molecule has 1 aliphatic rings. The number of piperazine rings is 1. The molecule has 4 rings (SSSR count). The summed E-state index contributed by atoms with van der Waals surface area (Å²) >= 11 is 0. The van der Waals surface area contributed by atoms with Crippen molar-refractivity contribution in [1.29, 1.82) is 0 Å². The smallest absolute Gasteiger partial charge is 0.416 e. The summed E-state index contributed by atoms with van der Waals surface area (Å²) in [5.74, 6) is -0.816. The molecule has 3 atom stereocenters. The highest BCUT2D eigenvalue weighted by Gasteiger charge is 2.37. The van der Waals surface area contributed by atoms with Crippen molar-refractivity contribution in [3.8, 4) is 0 Å². The summed E-state index contributed by atoms with van der Waals surface area (Å²) in [6.07, 6.45) is -2.91. The van der Waals surface area contributed by atoms with Gasteiger partial charge in [0.15, 0.2) is 5.82 Å². The highest BCUT2D eigenvalue weighted by atomic mass is 19.4. The first kappa shape index (κ1) is 26.6. The minimum absolute atomic E-state index is 0.0173. The third-order valence-electron chi connectivity index (χ3n) is 7.33. The van der Waals surface area contributed by atoms with Gasteiger partial charge in [-0.3, -0.25) is 9.47 Å². The predicted octanol–water partition coefficient (Wildman–Crippen LogP) is 4.49. The highest BCUT2D eigenvalue weighted by molar-refractivity contribution is 5.92. The van der Waals surface area contributed by atoms with Crippen LogP contribution >= 0.6 is 0 Å². The summed E-state index contributed by atoms with van der Waals surface area (Å²) in [6.45, 7) is 7.14. The molecule has 0 spiro atoms. The van der Waals surface area contributed by atoms with Gasteiger partial charge in [-0.1, -0.05) is 26.0 Å². The van der Waals surface area contributed by atoms with E-state index in [0.29, 0.717) is 36.4 Å². The zero-order valence-corrected chi connectivity index (χ0v) is 21.2. The van der Waals surface area contributed by atoms with E-state index in [1.165, 1.54) is 22.8 Å². The third-order valence-corrected chi connectivity index (χ3v) is 7.33. The average Bonchev–Trinajstić information content (AvgIpc) is 2.88. The van der Waals surface area contributed by atoms with Crippen LogP contribution in [0.1, 0.15) is 61.3 Å². The lowest BCUT2D eigenvalue weighted by molar-refractivity contribution is -0.137. The fourth-order valence-electron chi connectivity index (χ4n) is 5.09. The molecule has 0 saturated carbocycles. The van der Waals surface area contributed by atoms with Gasteiger partial charge in [0.2, 0.25) is 0 Å². The van der Waals surface area contributed by atoms with Crippen LogP contribution in [0.5, 0.6) is 0 Å². The van der Waals surface area contributed by atoms with Crippen molar-refractivity contribution in [1.82, 2.24) is 19.4 Å². The van der Waals surface area contributed by atoms with Crippen LogP contribution in [0, 0.1) is 0 Å². The maximum atomic E-state index is 13.0. The summed E-state index contributed by atoms with van der Waals surface area (Å²) in [4.78, 5) is 37.3. The number of halogens is 3. The topological polar surface area (TPSA) is 91.6 Å². The van der Waals surface area contributed by atoms with Crippen LogP contribution in [0.4, 0.5) is 19.0 Å². The van der Waals surface area contributed by atoms with Crippen molar-refractivity contribution < 1.29 is 23.1 Å². The average molecular weight is 518 g/mol. The Balaban J connectivity index is 1.71. The first-order valence-corrected chi connectivity index (χ1v) is 12.3. The molecular weight excluding hydrogens is 487 g/mol. The van der Waals surface area contributed by atoms with Crippen molar-refractivity contribution in [3.05, 3.63) is 63.7 Å². The first-order chi connectivity index (χ1) is 17.5. The molecule has 2 aromatic heterocycles. The zero-order chi connectivity index (χ0) is 27.1. The Labute approximate surface area is 212 Å². The number of carboxylic acid groups (broad SMARTS) is 1. The van der Waals surface area contributed by atoms with E-state index >= 15 is 0 Å². The van der Waals surface area contributed by atoms with Crippen LogP contribution < -0.4 is 10.6 Å². The number of hydrogen-bond acceptors (Lipinski definition) is 6. The standard InChI is InChI=1S/C26H30F3N5O3/c1-5-18-14-34(23-22-21(32(4)25(37)31-23)12-11-20(30-22)24(35)36)19(6-2)13-33(18)15(3)16-7-9-17(10-8-16)26(27,28)29/h7-12,15,18-19H,5-6,13-14H2,1-4H3,(H,35,36)/t15?,18-,19+/m1/s1. The molecule has 1 N–H and O–H groups in total. The van der Waals surface area contributed by atoms with Gasteiger partial charge >= 0.3 is 17.8 Å². The quantitative estimate of drug-likeness (QED) is 0.515. The number of fused-ring (bicyclic) bond motifs is 1. The molecule has 1 fully saturated rings. The summed E-state index contributed by atoms with van der Waals surface area (Å²) in [7, 11) is 1.57. The molecule has 3 heterocycles. The summed E-state index contributed by atoms with van der Waals surface area (Å²) in [5, 5.41) is 9.48. The first-order valence-electron chi connectivity index (χ1n) is 12.3. The van der Waals surface area contributed by atoms with Crippen LogP contribution in [0.25, 0.3) is 11.0 Å². The second-order valence-corrected chi connectivity index (χ2v) is 9.42. The number of benzene rings is 1. The Bertz CT molecular complexity index is 1360. The van der Waals surface area contributed by atoms with Gasteiger partial charge < -0.3 is 10.0 Å². The highest BCUT2D eigenvalue weighted by Crippen LogP contribution is 2.35. The maximum Gasteiger partial charge on any atom is 0.416 e. The van der Waals surface area contributed by atoms with Gasteiger partial charge in [-0.15, -0.1) is 0 Å². The van der Waals surface area contributed by atoms with E-state index in [9.17, 15) is 27.9 Å².